The summed E-state index contributed by atoms with van der Waals surface area (Å²) in [5, 5.41) is 21.4. The van der Waals surface area contributed by atoms with Crippen LogP contribution in [0.3, 0.4) is 0 Å². The molecule has 1 amide bonds. The van der Waals surface area contributed by atoms with Gasteiger partial charge in [0.25, 0.3) is 5.91 Å². The molecule has 0 aliphatic carbocycles. The number of hydrogen-bond donors (Lipinski definition) is 3. The Morgan fingerprint density at radius 3 is 2.10 bits per heavy atom. The highest BCUT2D eigenvalue weighted by molar-refractivity contribution is 6.04. The van der Waals surface area contributed by atoms with Crippen molar-refractivity contribution in [1.82, 2.24) is 0 Å². The maximum atomic E-state index is 12.1. The van der Waals surface area contributed by atoms with Gasteiger partial charge in [-0.05, 0) is 41.3 Å². The molecule has 3 N–H and O–H groups in total. The van der Waals surface area contributed by atoms with Gasteiger partial charge < -0.3 is 15.5 Å². The van der Waals surface area contributed by atoms with Crippen molar-refractivity contribution in [3.8, 4) is 11.5 Å². The Labute approximate surface area is 124 Å². The molecule has 4 heteroatoms. The molecule has 2 aromatic rings. The standard InChI is InChI=1S/C17H19NO3/c1-17(2,3)12-5-7-13(8-6-12)18-16(21)11-4-9-14(19)15(20)10-11/h4-10,19-20H,1-3H3,(H,18,21). The number of nitrogens with one attached hydrogen (secondary N) is 1. The molecule has 0 radical (unpaired) electrons. The summed E-state index contributed by atoms with van der Waals surface area (Å²) in [6.45, 7) is 6.37. The third-order valence-electron chi connectivity index (χ3n) is 3.25. The van der Waals surface area contributed by atoms with Crippen LogP contribution >= 0.6 is 0 Å². The first-order valence-electron chi connectivity index (χ1n) is 6.71. The van der Waals surface area contributed by atoms with Gasteiger partial charge in [0, 0.05) is 11.3 Å². The van der Waals surface area contributed by atoms with Crippen LogP contribution in [0.25, 0.3) is 0 Å². The molecule has 0 spiro atoms. The van der Waals surface area contributed by atoms with E-state index in [0.717, 1.165) is 0 Å². The zero-order chi connectivity index (χ0) is 15.6. The summed E-state index contributed by atoms with van der Waals surface area (Å²) >= 11 is 0. The average molecular weight is 285 g/mol. The SMILES string of the molecule is CC(C)(C)c1ccc(NC(=O)c2ccc(O)c(O)c2)cc1. The smallest absolute Gasteiger partial charge is 0.255 e. The Balaban J connectivity index is 2.14. The van der Waals surface area contributed by atoms with Crippen LogP contribution in [0.15, 0.2) is 42.5 Å². The molecule has 0 heterocycles. The molecule has 110 valence electrons. The molecule has 2 aromatic carbocycles. The lowest BCUT2D eigenvalue weighted by molar-refractivity contribution is 0.102. The minimum absolute atomic E-state index is 0.0608. The van der Waals surface area contributed by atoms with E-state index in [2.05, 4.69) is 26.1 Å². The number of phenols is 2. The Kier molecular flexibility index (Phi) is 3.89. The van der Waals surface area contributed by atoms with Gasteiger partial charge in [-0.1, -0.05) is 32.9 Å². The van der Waals surface area contributed by atoms with E-state index in [1.165, 1.54) is 23.8 Å². The summed E-state index contributed by atoms with van der Waals surface area (Å²) in [4.78, 5) is 12.1. The maximum Gasteiger partial charge on any atom is 0.255 e. The van der Waals surface area contributed by atoms with E-state index < -0.39 is 0 Å². The lowest BCUT2D eigenvalue weighted by Crippen LogP contribution is -2.13. The molecular weight excluding hydrogens is 266 g/mol. The molecule has 2 rings (SSSR count). The predicted octanol–water partition coefficient (Wildman–Crippen LogP) is 3.65. The van der Waals surface area contributed by atoms with E-state index in [4.69, 9.17) is 0 Å². The van der Waals surface area contributed by atoms with E-state index in [0.29, 0.717) is 5.69 Å². The van der Waals surface area contributed by atoms with Gasteiger partial charge in [-0.3, -0.25) is 4.79 Å². The lowest BCUT2D eigenvalue weighted by atomic mass is 9.87. The van der Waals surface area contributed by atoms with Gasteiger partial charge in [-0.25, -0.2) is 0 Å². The number of aromatic hydroxyl groups is 2. The van der Waals surface area contributed by atoms with Crippen LogP contribution < -0.4 is 5.32 Å². The number of anilines is 1. The van der Waals surface area contributed by atoms with Crippen LogP contribution in [0.1, 0.15) is 36.7 Å². The normalized spacial score (nSPS) is 11.2. The van der Waals surface area contributed by atoms with Crippen LogP contribution in [0, 0.1) is 0 Å². The zero-order valence-corrected chi connectivity index (χ0v) is 12.3. The van der Waals surface area contributed by atoms with Crippen molar-refractivity contribution in [2.75, 3.05) is 5.32 Å². The first-order chi connectivity index (χ1) is 9.77. The Morgan fingerprint density at radius 2 is 1.57 bits per heavy atom. The Hall–Kier alpha value is -2.49. The van der Waals surface area contributed by atoms with E-state index in [9.17, 15) is 15.0 Å². The van der Waals surface area contributed by atoms with E-state index >= 15 is 0 Å². The summed E-state index contributed by atoms with van der Waals surface area (Å²) in [5.74, 6) is -0.902. The molecule has 0 fully saturated rings. The molecule has 0 unspecified atom stereocenters. The van der Waals surface area contributed by atoms with Gasteiger partial charge in [-0.2, -0.15) is 0 Å². The van der Waals surface area contributed by atoms with Crippen LogP contribution in [-0.2, 0) is 5.41 Å². The van der Waals surface area contributed by atoms with Gasteiger partial charge in [-0.15, -0.1) is 0 Å². The van der Waals surface area contributed by atoms with Gasteiger partial charge in [0.1, 0.15) is 0 Å². The monoisotopic (exact) mass is 285 g/mol. The van der Waals surface area contributed by atoms with Crippen LogP contribution in [0.4, 0.5) is 5.69 Å². The third-order valence-corrected chi connectivity index (χ3v) is 3.25. The van der Waals surface area contributed by atoms with Crippen molar-refractivity contribution < 1.29 is 15.0 Å². The third kappa shape index (κ3) is 3.54. The minimum atomic E-state index is -0.339. The second-order valence-corrected chi connectivity index (χ2v) is 5.98. The van der Waals surface area contributed by atoms with Crippen molar-refractivity contribution in [3.63, 3.8) is 0 Å². The Morgan fingerprint density at radius 1 is 0.952 bits per heavy atom. The summed E-state index contributed by atoms with van der Waals surface area (Å²) in [7, 11) is 0. The molecule has 4 nitrogen and oxygen atoms in total. The first-order valence-corrected chi connectivity index (χ1v) is 6.71. The Bertz CT molecular complexity index is 655. The molecule has 0 aliphatic rings. The molecule has 0 aromatic heterocycles. The molecule has 21 heavy (non-hydrogen) atoms. The second-order valence-electron chi connectivity index (χ2n) is 5.98. The number of amides is 1. The summed E-state index contributed by atoms with van der Waals surface area (Å²) in [6.07, 6.45) is 0. The van der Waals surface area contributed by atoms with Gasteiger partial charge in [0.15, 0.2) is 11.5 Å². The number of carbonyl (C=O) groups excluding carboxylic acids is 1. The first kappa shape index (κ1) is 14.9. The van der Waals surface area contributed by atoms with E-state index in [-0.39, 0.29) is 28.4 Å². The highest BCUT2D eigenvalue weighted by atomic mass is 16.3. The largest absolute Gasteiger partial charge is 0.504 e. The second kappa shape index (κ2) is 5.48. The number of rotatable bonds is 2. The van der Waals surface area contributed by atoms with Crippen LogP contribution in [-0.4, -0.2) is 16.1 Å². The number of carbonyl (C=O) groups is 1. The number of phenolic OH excluding ortho intramolecular Hbond substituents is 2. The number of hydrogen-bond acceptors (Lipinski definition) is 3. The fourth-order valence-electron chi connectivity index (χ4n) is 1.92. The summed E-state index contributed by atoms with van der Waals surface area (Å²) < 4.78 is 0. The fraction of sp³-hybridized carbons (Fsp3) is 0.235. The molecule has 0 bridgehead atoms. The minimum Gasteiger partial charge on any atom is -0.504 e. The quantitative estimate of drug-likeness (QED) is 0.738. The van der Waals surface area contributed by atoms with Gasteiger partial charge >= 0.3 is 0 Å². The van der Waals surface area contributed by atoms with Crippen LogP contribution in [0.5, 0.6) is 11.5 Å². The van der Waals surface area contributed by atoms with E-state index in [1.54, 1.807) is 0 Å². The summed E-state index contributed by atoms with van der Waals surface area (Å²) in [5.41, 5.74) is 2.21. The fourth-order valence-corrected chi connectivity index (χ4v) is 1.92. The molecule has 0 saturated carbocycles. The molecular formula is C17H19NO3. The van der Waals surface area contributed by atoms with Crippen molar-refractivity contribution in [2.24, 2.45) is 0 Å². The van der Waals surface area contributed by atoms with Crippen molar-refractivity contribution >= 4 is 11.6 Å². The van der Waals surface area contributed by atoms with Crippen molar-refractivity contribution in [2.45, 2.75) is 26.2 Å². The maximum absolute atomic E-state index is 12.1. The highest BCUT2D eigenvalue weighted by Gasteiger charge is 2.14. The summed E-state index contributed by atoms with van der Waals surface area (Å²) in [6, 6.07) is 11.6. The molecule has 0 aliphatic heterocycles. The molecule has 0 atom stereocenters. The topological polar surface area (TPSA) is 69.6 Å². The van der Waals surface area contributed by atoms with E-state index in [1.807, 2.05) is 24.3 Å². The van der Waals surface area contributed by atoms with Crippen molar-refractivity contribution in [3.05, 3.63) is 53.6 Å². The zero-order valence-electron chi connectivity index (χ0n) is 12.3. The lowest BCUT2D eigenvalue weighted by Gasteiger charge is -2.19. The van der Waals surface area contributed by atoms with Crippen molar-refractivity contribution in [1.29, 1.82) is 0 Å². The predicted molar refractivity (Wildman–Crippen MR) is 82.9 cm³/mol. The molecule has 0 saturated heterocycles. The van der Waals surface area contributed by atoms with Gasteiger partial charge in [0.2, 0.25) is 0 Å². The highest BCUT2D eigenvalue weighted by Crippen LogP contribution is 2.26. The average Bonchev–Trinajstić information content (AvgIpc) is 2.41. The van der Waals surface area contributed by atoms with Gasteiger partial charge in [0.05, 0.1) is 0 Å². The van der Waals surface area contributed by atoms with Crippen LogP contribution in [0.2, 0.25) is 0 Å². The number of benzene rings is 2.